The average Bonchev–Trinajstić information content (AvgIpc) is 3.46. The first-order valence-electron chi connectivity index (χ1n) is 12.3. The van der Waals surface area contributed by atoms with Gasteiger partial charge in [0.25, 0.3) is 0 Å². The van der Waals surface area contributed by atoms with Crippen LogP contribution in [0.5, 0.6) is 11.5 Å². The lowest BCUT2D eigenvalue weighted by Crippen LogP contribution is -2.48. The fraction of sp³-hybridized carbons (Fsp3) is 0.241. The first kappa shape index (κ1) is 24.4. The molecule has 0 aliphatic carbocycles. The molecule has 4 aromatic rings. The van der Waals surface area contributed by atoms with Crippen LogP contribution in [-0.2, 0) is 6.54 Å². The van der Waals surface area contributed by atoms with Gasteiger partial charge in [-0.25, -0.2) is 9.78 Å². The molecule has 3 N–H and O–H groups in total. The number of nitrogens with zero attached hydrogens (tertiary/aromatic N) is 2. The van der Waals surface area contributed by atoms with Crippen molar-refractivity contribution in [3.05, 3.63) is 102 Å². The number of hydrogen-bond acceptors (Lipinski definition) is 5. The lowest BCUT2D eigenvalue weighted by Gasteiger charge is -2.46. The van der Waals surface area contributed by atoms with Crippen molar-refractivity contribution in [2.75, 3.05) is 24.4 Å². The molecule has 5 rings (SSSR count). The zero-order valence-electron chi connectivity index (χ0n) is 21.1. The Morgan fingerprint density at radius 2 is 1.73 bits per heavy atom. The fourth-order valence-corrected chi connectivity index (χ4v) is 5.07. The van der Waals surface area contributed by atoms with E-state index in [2.05, 4.69) is 39.7 Å². The van der Waals surface area contributed by atoms with E-state index in [0.29, 0.717) is 12.2 Å². The summed E-state index contributed by atoms with van der Waals surface area (Å²) in [7, 11) is 3.27. The van der Waals surface area contributed by atoms with Crippen LogP contribution >= 0.6 is 0 Å². The topological polar surface area (TPSA) is 91.5 Å². The summed E-state index contributed by atoms with van der Waals surface area (Å²) in [4.78, 5) is 23.1. The first-order chi connectivity index (χ1) is 18.1. The van der Waals surface area contributed by atoms with E-state index in [4.69, 9.17) is 9.47 Å². The number of aromatic amines is 1. The Balaban J connectivity index is 1.57. The molecule has 0 radical (unpaired) electrons. The number of H-pyrrole nitrogens is 1. The van der Waals surface area contributed by atoms with Gasteiger partial charge in [-0.1, -0.05) is 37.3 Å². The van der Waals surface area contributed by atoms with Crippen molar-refractivity contribution in [3.8, 4) is 11.5 Å². The Labute approximate surface area is 216 Å². The maximum absolute atomic E-state index is 13.9. The molecule has 1 aliphatic rings. The summed E-state index contributed by atoms with van der Waals surface area (Å²) >= 11 is 0. The maximum Gasteiger partial charge on any atom is 0.326 e. The Hall–Kier alpha value is -4.30. The number of rotatable bonds is 7. The SMILES string of the molecule is COc1ccc(NC(=O)N2c3ccc(OC)cc3[C@@H](NCc3cnc[nH]3)[C@H](C)[C@H]2c2ccccc2)cc1. The van der Waals surface area contributed by atoms with Crippen molar-refractivity contribution in [3.63, 3.8) is 0 Å². The third-order valence-corrected chi connectivity index (χ3v) is 6.90. The molecular weight excluding hydrogens is 466 g/mol. The predicted molar refractivity (Wildman–Crippen MR) is 144 cm³/mol. The molecule has 190 valence electrons. The molecular formula is C29H31N5O3. The van der Waals surface area contributed by atoms with Crippen molar-refractivity contribution < 1.29 is 14.3 Å². The number of nitrogens with one attached hydrogen (secondary N) is 3. The molecule has 0 unspecified atom stereocenters. The molecule has 0 saturated carbocycles. The van der Waals surface area contributed by atoms with E-state index >= 15 is 0 Å². The van der Waals surface area contributed by atoms with Crippen molar-refractivity contribution >= 4 is 17.4 Å². The summed E-state index contributed by atoms with van der Waals surface area (Å²) < 4.78 is 10.8. The number of anilines is 2. The van der Waals surface area contributed by atoms with Crippen molar-refractivity contribution in [2.24, 2.45) is 5.92 Å². The van der Waals surface area contributed by atoms with Gasteiger partial charge < -0.3 is 25.1 Å². The smallest absolute Gasteiger partial charge is 0.326 e. The van der Waals surface area contributed by atoms with Crippen LogP contribution in [0.25, 0.3) is 0 Å². The third-order valence-electron chi connectivity index (χ3n) is 6.90. The molecule has 3 atom stereocenters. The number of fused-ring (bicyclic) bond motifs is 1. The molecule has 2 heterocycles. The summed E-state index contributed by atoms with van der Waals surface area (Å²) in [5, 5.41) is 6.79. The molecule has 0 fully saturated rings. The Bertz CT molecular complexity index is 1330. The zero-order valence-corrected chi connectivity index (χ0v) is 21.1. The van der Waals surface area contributed by atoms with Crippen LogP contribution in [0.3, 0.4) is 0 Å². The second-order valence-electron chi connectivity index (χ2n) is 9.10. The number of aromatic nitrogens is 2. The number of ether oxygens (including phenoxy) is 2. The van der Waals surface area contributed by atoms with Crippen molar-refractivity contribution in [1.29, 1.82) is 0 Å². The van der Waals surface area contributed by atoms with Gasteiger partial charge in [-0.2, -0.15) is 0 Å². The monoisotopic (exact) mass is 497 g/mol. The number of urea groups is 1. The minimum absolute atomic E-state index is 0.0338. The second-order valence-corrected chi connectivity index (χ2v) is 9.10. The normalized spacial score (nSPS) is 18.7. The number of carbonyl (C=O) groups excluding carboxylic acids is 1. The van der Waals surface area contributed by atoms with Gasteiger partial charge in [0, 0.05) is 36.1 Å². The lowest BCUT2D eigenvalue weighted by molar-refractivity contribution is 0.243. The van der Waals surface area contributed by atoms with Crippen LogP contribution in [0.4, 0.5) is 16.2 Å². The van der Waals surface area contributed by atoms with Gasteiger partial charge in [-0.05, 0) is 53.6 Å². The summed E-state index contributed by atoms with van der Waals surface area (Å²) in [5.41, 5.74) is 4.59. The highest BCUT2D eigenvalue weighted by molar-refractivity contribution is 6.03. The van der Waals surface area contributed by atoms with Crippen LogP contribution in [0, 0.1) is 5.92 Å². The Morgan fingerprint density at radius 3 is 2.41 bits per heavy atom. The molecule has 1 aliphatic heterocycles. The molecule has 3 aromatic carbocycles. The first-order valence-corrected chi connectivity index (χ1v) is 12.3. The molecule has 0 bridgehead atoms. The highest BCUT2D eigenvalue weighted by Crippen LogP contribution is 2.48. The van der Waals surface area contributed by atoms with Crippen molar-refractivity contribution in [2.45, 2.75) is 25.6 Å². The Morgan fingerprint density at radius 1 is 1.00 bits per heavy atom. The molecule has 0 spiro atoms. The largest absolute Gasteiger partial charge is 0.497 e. The van der Waals surface area contributed by atoms with Gasteiger partial charge in [0.1, 0.15) is 11.5 Å². The average molecular weight is 498 g/mol. The van der Waals surface area contributed by atoms with Gasteiger partial charge in [-0.3, -0.25) is 4.90 Å². The molecule has 2 amide bonds. The minimum Gasteiger partial charge on any atom is -0.497 e. The van der Waals surface area contributed by atoms with Gasteiger partial charge in [0.05, 0.1) is 32.3 Å². The van der Waals surface area contributed by atoms with E-state index in [1.807, 2.05) is 71.8 Å². The van der Waals surface area contributed by atoms with E-state index in [0.717, 1.165) is 34.0 Å². The summed E-state index contributed by atoms with van der Waals surface area (Å²) in [5.74, 6) is 1.51. The lowest BCUT2D eigenvalue weighted by atomic mass is 9.79. The van der Waals surface area contributed by atoms with Crippen LogP contribution in [0.15, 0.2) is 85.3 Å². The fourth-order valence-electron chi connectivity index (χ4n) is 5.07. The summed E-state index contributed by atoms with van der Waals surface area (Å²) in [6.45, 7) is 2.80. The predicted octanol–water partition coefficient (Wildman–Crippen LogP) is 5.69. The van der Waals surface area contributed by atoms with Gasteiger partial charge in [-0.15, -0.1) is 0 Å². The maximum atomic E-state index is 13.9. The highest BCUT2D eigenvalue weighted by Gasteiger charge is 2.42. The molecule has 8 heteroatoms. The minimum atomic E-state index is -0.209. The quantitative estimate of drug-likeness (QED) is 0.305. The number of hydrogen-bond donors (Lipinski definition) is 3. The third kappa shape index (κ3) is 5.01. The van der Waals surface area contributed by atoms with E-state index in [1.165, 1.54) is 0 Å². The molecule has 1 aromatic heterocycles. The van der Waals surface area contributed by atoms with Crippen molar-refractivity contribution in [1.82, 2.24) is 15.3 Å². The van der Waals surface area contributed by atoms with Crippen LogP contribution in [0.2, 0.25) is 0 Å². The molecule has 8 nitrogen and oxygen atoms in total. The number of methoxy groups -OCH3 is 2. The summed E-state index contributed by atoms with van der Waals surface area (Å²) in [6.07, 6.45) is 3.49. The number of imidazole rings is 1. The van der Waals surface area contributed by atoms with E-state index in [9.17, 15) is 4.79 Å². The second kappa shape index (κ2) is 10.8. The van der Waals surface area contributed by atoms with Gasteiger partial charge in [0.2, 0.25) is 0 Å². The highest BCUT2D eigenvalue weighted by atomic mass is 16.5. The van der Waals surface area contributed by atoms with Crippen LogP contribution in [-0.4, -0.2) is 30.2 Å². The van der Waals surface area contributed by atoms with Gasteiger partial charge in [0.15, 0.2) is 0 Å². The zero-order chi connectivity index (χ0) is 25.8. The number of amides is 2. The van der Waals surface area contributed by atoms with Crippen LogP contribution in [0.1, 0.15) is 35.8 Å². The van der Waals surface area contributed by atoms with E-state index in [1.54, 1.807) is 20.5 Å². The van der Waals surface area contributed by atoms with E-state index < -0.39 is 0 Å². The number of benzene rings is 3. The standard InChI is InChI=1S/C29H31N5O3/c1-19-27(31-17-22-16-30-18-32-22)25-15-24(37-3)13-14-26(25)34(28(19)20-7-5-4-6-8-20)29(35)33-21-9-11-23(36-2)12-10-21/h4-16,18-19,27-28,31H,17H2,1-3H3,(H,30,32)(H,33,35)/t19-,27-,28-/m0/s1. The van der Waals surface area contributed by atoms with E-state index in [-0.39, 0.29) is 24.0 Å². The molecule has 37 heavy (non-hydrogen) atoms. The van der Waals surface area contributed by atoms with Crippen LogP contribution < -0.4 is 25.0 Å². The number of carbonyl (C=O) groups is 1. The molecule has 0 saturated heterocycles. The van der Waals surface area contributed by atoms with Gasteiger partial charge >= 0.3 is 6.03 Å². The Kier molecular flexibility index (Phi) is 7.09. The summed E-state index contributed by atoms with van der Waals surface area (Å²) in [6, 6.07) is 22.9.